The van der Waals surface area contributed by atoms with Gasteiger partial charge in [-0.3, -0.25) is 30.1 Å². The number of benzene rings is 4. The van der Waals surface area contributed by atoms with Crippen molar-refractivity contribution in [2.45, 2.75) is 32.1 Å². The Hall–Kier alpha value is -7.60. The number of nitrogen functional groups attached to an aromatic ring is 1. The van der Waals surface area contributed by atoms with Crippen molar-refractivity contribution >= 4 is 62.8 Å². The third-order valence-corrected chi connectivity index (χ3v) is 12.8. The van der Waals surface area contributed by atoms with Crippen LogP contribution in [0.25, 0.3) is 4.85 Å². The van der Waals surface area contributed by atoms with Crippen molar-refractivity contribution in [3.8, 4) is 0 Å². The molecule has 2 N–H and O–H groups in total. The molecule has 6 aromatic rings. The van der Waals surface area contributed by atoms with Gasteiger partial charge in [-0.25, -0.2) is 0 Å². The Kier molecular flexibility index (Phi) is 13.5. The van der Waals surface area contributed by atoms with Gasteiger partial charge in [-0.2, -0.15) is 0 Å². The van der Waals surface area contributed by atoms with Crippen molar-refractivity contribution in [3.05, 3.63) is 177 Å². The number of nitro benzene ring substituents is 1. The van der Waals surface area contributed by atoms with E-state index in [9.17, 15) is 10.1 Å². The lowest BCUT2D eigenvalue weighted by Crippen LogP contribution is -2.28. The summed E-state index contributed by atoms with van der Waals surface area (Å²) in [4.78, 5) is 46.2. The number of nitrogens with zero attached hydrogens (tertiary/aromatic N) is 11. The Morgan fingerprint density at radius 1 is 0.582 bits per heavy atom. The SMILES string of the molecule is CN1CCCN(c2ccc3c(c2)CC(c2ccc(N)c([N+](=O)[O-])c2)=N3)CC1.CN1CCCN(c2ccc3c(c2)CC(c2ccc4c(c2)CC(c2ccccn2)=N4)=N3)CC1.[C-]#[N+]c1ccccn1. The van der Waals surface area contributed by atoms with Gasteiger partial charge in [-0.05, 0) is 141 Å². The summed E-state index contributed by atoms with van der Waals surface area (Å²) in [6.07, 6.45) is 8.20. The summed E-state index contributed by atoms with van der Waals surface area (Å²) in [7, 11) is 4.38. The fourth-order valence-corrected chi connectivity index (χ4v) is 9.08. The van der Waals surface area contributed by atoms with E-state index in [0.29, 0.717) is 12.2 Å². The summed E-state index contributed by atoms with van der Waals surface area (Å²) < 4.78 is 0. The van der Waals surface area contributed by atoms with Crippen LogP contribution in [0.3, 0.4) is 0 Å². The molecule has 2 saturated heterocycles. The Labute approximate surface area is 391 Å². The highest BCUT2D eigenvalue weighted by molar-refractivity contribution is 6.09. The molecule has 4 aromatic carbocycles. The third-order valence-electron chi connectivity index (χ3n) is 12.8. The zero-order valence-corrected chi connectivity index (χ0v) is 38.1. The lowest BCUT2D eigenvalue weighted by Gasteiger charge is -2.23. The number of fused-ring (bicyclic) bond motifs is 3. The average molecular weight is 891 g/mol. The maximum Gasteiger partial charge on any atom is 0.292 e. The van der Waals surface area contributed by atoms with Crippen LogP contribution < -0.4 is 15.5 Å². The monoisotopic (exact) mass is 890 g/mol. The highest BCUT2D eigenvalue weighted by atomic mass is 16.6. The number of likely N-dealkylation sites (N-methyl/N-ethyl adjacent to an activating group) is 2. The van der Waals surface area contributed by atoms with Crippen molar-refractivity contribution in [2.75, 3.05) is 82.0 Å². The molecule has 11 rings (SSSR count). The van der Waals surface area contributed by atoms with Crippen LogP contribution in [0, 0.1) is 16.7 Å². The molecule has 0 bridgehead atoms. The van der Waals surface area contributed by atoms with Crippen LogP contribution in [-0.4, -0.2) is 108 Å². The molecule has 0 amide bonds. The zero-order valence-electron chi connectivity index (χ0n) is 38.1. The van der Waals surface area contributed by atoms with Crippen molar-refractivity contribution in [3.63, 3.8) is 0 Å². The Balaban J connectivity index is 0.000000146. The lowest BCUT2D eigenvalue weighted by atomic mass is 9.99. The Bertz CT molecular complexity index is 2910. The summed E-state index contributed by atoms with van der Waals surface area (Å²) in [5.41, 5.74) is 21.2. The number of hydrogen-bond acceptors (Lipinski definition) is 12. The molecule has 0 saturated carbocycles. The van der Waals surface area contributed by atoms with Crippen LogP contribution >= 0.6 is 0 Å². The first-order valence-electron chi connectivity index (χ1n) is 22.9. The number of nitro groups is 1. The summed E-state index contributed by atoms with van der Waals surface area (Å²) in [6, 6.07) is 35.9. The van der Waals surface area contributed by atoms with Crippen molar-refractivity contribution in [1.29, 1.82) is 0 Å². The standard InChI is InChI=1S/C27H27N5.C20H23N5O2.C6H4N2/c1-31-11-4-12-32(14-13-31)22-7-9-24-21(16-22)17-26(29-24)19-6-8-23-20(15-19)18-27(30-23)25-5-2-3-10-28-25;1-23-7-2-8-24(10-9-23)16-4-6-18-15(11-16)12-19(22-18)14-3-5-17(21)20(13-14)25(26)27;1-7-6-4-2-3-5-8-6/h2-3,5-10,15-16H,4,11-14,17-18H2,1H3;3-6,11,13H,2,7-10,12,21H2,1H3;2-5H. The minimum absolute atomic E-state index is 0.0690. The summed E-state index contributed by atoms with van der Waals surface area (Å²) >= 11 is 0. The van der Waals surface area contributed by atoms with Gasteiger partial charge in [0.25, 0.3) is 11.5 Å². The normalized spacial score (nSPS) is 16.6. The van der Waals surface area contributed by atoms with E-state index in [0.717, 1.165) is 111 Å². The second-order valence-electron chi connectivity index (χ2n) is 17.5. The number of rotatable bonds is 6. The van der Waals surface area contributed by atoms with Crippen LogP contribution in [0.2, 0.25) is 0 Å². The van der Waals surface area contributed by atoms with Crippen LogP contribution in [0.15, 0.2) is 137 Å². The van der Waals surface area contributed by atoms with Crippen LogP contribution in [0.4, 0.5) is 45.6 Å². The van der Waals surface area contributed by atoms with Gasteiger partial charge in [0.1, 0.15) is 11.9 Å². The summed E-state index contributed by atoms with van der Waals surface area (Å²) in [6.45, 7) is 15.3. The van der Waals surface area contributed by atoms with E-state index in [-0.39, 0.29) is 11.4 Å². The van der Waals surface area contributed by atoms with Gasteiger partial charge in [0.15, 0.2) is 0 Å². The van der Waals surface area contributed by atoms with E-state index in [1.807, 2.05) is 24.4 Å². The molecular formula is C53H54N12O2. The second-order valence-corrected chi connectivity index (χ2v) is 17.5. The van der Waals surface area contributed by atoms with Gasteiger partial charge in [-0.1, -0.05) is 30.8 Å². The van der Waals surface area contributed by atoms with Gasteiger partial charge in [0.2, 0.25) is 0 Å². The molecule has 0 atom stereocenters. The van der Waals surface area contributed by atoms with E-state index < -0.39 is 4.92 Å². The van der Waals surface area contributed by atoms with Gasteiger partial charge in [0, 0.05) is 87.7 Å². The second kappa shape index (κ2) is 20.3. The Morgan fingerprint density at radius 2 is 1.10 bits per heavy atom. The molecule has 14 heteroatoms. The first kappa shape index (κ1) is 44.6. The molecule has 0 spiro atoms. The highest BCUT2D eigenvalue weighted by Crippen LogP contribution is 2.36. The predicted molar refractivity (Wildman–Crippen MR) is 270 cm³/mol. The minimum atomic E-state index is -0.448. The van der Waals surface area contributed by atoms with Crippen LogP contribution in [0.5, 0.6) is 0 Å². The number of aromatic nitrogens is 2. The minimum Gasteiger partial charge on any atom is -0.393 e. The molecule has 67 heavy (non-hydrogen) atoms. The van der Waals surface area contributed by atoms with E-state index >= 15 is 0 Å². The first-order chi connectivity index (χ1) is 32.7. The maximum absolute atomic E-state index is 11.2. The molecule has 0 aliphatic carbocycles. The molecule has 2 fully saturated rings. The fraction of sp³-hybridized carbons (Fsp3) is 0.283. The summed E-state index contributed by atoms with van der Waals surface area (Å²) in [5.74, 6) is 0.451. The Morgan fingerprint density at radius 3 is 1.64 bits per heavy atom. The number of pyridine rings is 2. The molecule has 5 aliphatic rings. The third kappa shape index (κ3) is 10.6. The fourth-order valence-electron chi connectivity index (χ4n) is 9.08. The van der Waals surface area contributed by atoms with Crippen LogP contribution in [0.1, 0.15) is 46.4 Å². The van der Waals surface area contributed by atoms with Gasteiger partial charge in [0.05, 0.1) is 44.8 Å². The molecule has 7 heterocycles. The molecule has 5 aliphatic heterocycles. The van der Waals surface area contributed by atoms with Gasteiger partial charge < -0.3 is 30.2 Å². The largest absolute Gasteiger partial charge is 0.393 e. The van der Waals surface area contributed by atoms with Gasteiger partial charge >= 0.3 is 0 Å². The van der Waals surface area contributed by atoms with E-state index in [1.165, 1.54) is 52.7 Å². The highest BCUT2D eigenvalue weighted by Gasteiger charge is 2.24. The number of aliphatic imine (C=N–C) groups is 3. The summed E-state index contributed by atoms with van der Waals surface area (Å²) in [5, 5.41) is 11.2. The van der Waals surface area contributed by atoms with Gasteiger partial charge in [-0.15, -0.1) is 4.98 Å². The topological polar surface area (TPSA) is 149 Å². The van der Waals surface area contributed by atoms with Crippen molar-refractivity contribution in [2.24, 2.45) is 15.0 Å². The van der Waals surface area contributed by atoms with E-state index in [4.69, 9.17) is 27.3 Å². The van der Waals surface area contributed by atoms with Crippen molar-refractivity contribution in [1.82, 2.24) is 19.8 Å². The molecular weight excluding hydrogens is 837 g/mol. The zero-order chi connectivity index (χ0) is 46.3. The average Bonchev–Trinajstić information content (AvgIpc) is 4.02. The maximum atomic E-state index is 11.2. The number of hydrogen-bond donors (Lipinski definition) is 1. The van der Waals surface area contributed by atoms with Crippen LogP contribution in [-0.2, 0) is 19.3 Å². The number of nitrogens with two attached hydrogens (primary N) is 1. The van der Waals surface area contributed by atoms with Crippen molar-refractivity contribution < 1.29 is 4.92 Å². The first-order valence-corrected chi connectivity index (χ1v) is 22.9. The quantitative estimate of drug-likeness (QED) is 0.0748. The molecule has 2 aromatic heterocycles. The van der Waals surface area contributed by atoms with E-state index in [1.54, 1.807) is 36.5 Å². The molecule has 0 unspecified atom stereocenters. The molecule has 0 radical (unpaired) electrons. The number of anilines is 3. The predicted octanol–water partition coefficient (Wildman–Crippen LogP) is 9.21. The lowest BCUT2D eigenvalue weighted by molar-refractivity contribution is -0.383. The smallest absolute Gasteiger partial charge is 0.292 e. The van der Waals surface area contributed by atoms with E-state index in [2.05, 4.69) is 103 Å². The molecule has 14 nitrogen and oxygen atoms in total. The molecule has 338 valence electrons.